The number of thioether (sulfide) groups is 1. The molecule has 4 nitrogen and oxygen atoms in total. The van der Waals surface area contributed by atoms with E-state index in [0.29, 0.717) is 24.3 Å². The van der Waals surface area contributed by atoms with E-state index in [1.54, 1.807) is 36.4 Å². The lowest BCUT2D eigenvalue weighted by Gasteiger charge is -2.20. The van der Waals surface area contributed by atoms with Gasteiger partial charge in [0.15, 0.2) is 6.10 Å². The van der Waals surface area contributed by atoms with Crippen molar-refractivity contribution in [2.75, 3.05) is 17.9 Å². The number of hydrogen-bond acceptors (Lipinski definition) is 4. The lowest BCUT2D eigenvalue weighted by Crippen LogP contribution is -2.31. The molecule has 0 aliphatic carbocycles. The van der Waals surface area contributed by atoms with Crippen LogP contribution in [-0.4, -0.2) is 30.7 Å². The van der Waals surface area contributed by atoms with Gasteiger partial charge in [-0.25, -0.2) is 0 Å². The Labute approximate surface area is 217 Å². The largest absolute Gasteiger partial charge is 0.494 e. The molecule has 200 valence electrons. The quantitative estimate of drug-likeness (QED) is 0.127. The highest BCUT2D eigenvalue weighted by atomic mass is 32.2. The first kappa shape index (κ1) is 30.0. The Balaban J connectivity index is 1.77. The maximum absolute atomic E-state index is 13.2. The third kappa shape index (κ3) is 11.7. The van der Waals surface area contributed by atoms with Crippen LogP contribution in [-0.2, 0) is 4.74 Å². The van der Waals surface area contributed by atoms with Gasteiger partial charge < -0.3 is 14.8 Å². The third-order valence-electron chi connectivity index (χ3n) is 5.68. The van der Waals surface area contributed by atoms with Crippen LogP contribution in [0.1, 0.15) is 82.0 Å². The molecular weight excluding hydrogens is 487 g/mol. The second-order valence-electron chi connectivity index (χ2n) is 8.72. The lowest BCUT2D eigenvalue weighted by molar-refractivity contribution is -0.216. The fraction of sp³-hybridized carbons (Fsp3) is 0.536. The molecule has 1 unspecified atom stereocenters. The minimum atomic E-state index is -4.37. The highest BCUT2D eigenvalue weighted by Gasteiger charge is 2.40. The highest BCUT2D eigenvalue weighted by Crippen LogP contribution is 2.29. The number of halogens is 3. The first-order chi connectivity index (χ1) is 17.3. The van der Waals surface area contributed by atoms with Crippen molar-refractivity contribution < 1.29 is 27.4 Å². The molecule has 0 saturated carbocycles. The predicted molar refractivity (Wildman–Crippen MR) is 141 cm³/mol. The first-order valence-corrected chi connectivity index (χ1v) is 13.8. The van der Waals surface area contributed by atoms with Crippen molar-refractivity contribution in [2.24, 2.45) is 0 Å². The smallest absolute Gasteiger partial charge is 0.414 e. The van der Waals surface area contributed by atoms with Crippen LogP contribution >= 0.6 is 11.8 Å². The predicted octanol–water partition coefficient (Wildman–Crippen LogP) is 8.87. The van der Waals surface area contributed by atoms with E-state index < -0.39 is 12.3 Å². The molecule has 36 heavy (non-hydrogen) atoms. The normalized spacial score (nSPS) is 12.4. The summed E-state index contributed by atoms with van der Waals surface area (Å²) >= 11 is 1.18. The van der Waals surface area contributed by atoms with Crippen LogP contribution in [0.4, 0.5) is 18.9 Å². The van der Waals surface area contributed by atoms with E-state index in [1.165, 1.54) is 24.6 Å². The fourth-order valence-corrected chi connectivity index (χ4v) is 4.24. The standard InChI is InChI=1S/C28H38F3NO3S/c1-3-5-7-9-11-26(28(29,30)31)35-21-36-25-18-12-22(13-19-25)27(33)32-23-14-16-24(17-15-23)34-20-10-8-6-4-2/h12-19,26H,3-11,20-21H2,1-2H3,(H,32,33). The first-order valence-electron chi connectivity index (χ1n) is 12.8. The molecule has 1 N–H and O–H groups in total. The molecule has 0 radical (unpaired) electrons. The Hall–Kier alpha value is -2.19. The van der Waals surface area contributed by atoms with Crippen LogP contribution < -0.4 is 10.1 Å². The van der Waals surface area contributed by atoms with Crippen LogP contribution in [0.2, 0.25) is 0 Å². The van der Waals surface area contributed by atoms with Gasteiger partial charge in [-0.3, -0.25) is 4.79 Å². The van der Waals surface area contributed by atoms with Crippen molar-refractivity contribution in [1.82, 2.24) is 0 Å². The molecule has 1 amide bonds. The van der Waals surface area contributed by atoms with Gasteiger partial charge in [0.25, 0.3) is 5.91 Å². The average molecular weight is 526 g/mol. The second-order valence-corrected chi connectivity index (χ2v) is 9.72. The second kappa shape index (κ2) is 16.5. The van der Waals surface area contributed by atoms with Crippen LogP contribution in [0.25, 0.3) is 0 Å². The zero-order valence-electron chi connectivity index (χ0n) is 21.2. The summed E-state index contributed by atoms with van der Waals surface area (Å²) in [6.45, 7) is 4.87. The Morgan fingerprint density at radius 1 is 0.889 bits per heavy atom. The zero-order valence-corrected chi connectivity index (χ0v) is 22.1. The Kier molecular flexibility index (Phi) is 13.8. The summed E-state index contributed by atoms with van der Waals surface area (Å²) in [4.78, 5) is 13.3. The molecule has 0 saturated heterocycles. The monoisotopic (exact) mass is 525 g/mol. The summed E-state index contributed by atoms with van der Waals surface area (Å²) in [6, 6.07) is 14.0. The number of rotatable bonds is 17. The molecule has 2 aromatic carbocycles. The molecule has 0 bridgehead atoms. The van der Waals surface area contributed by atoms with Crippen LogP contribution in [0.15, 0.2) is 53.4 Å². The summed E-state index contributed by atoms with van der Waals surface area (Å²) in [6.07, 6.45) is 1.62. The molecule has 0 spiro atoms. The van der Waals surface area contributed by atoms with Gasteiger partial charge in [0, 0.05) is 16.1 Å². The topological polar surface area (TPSA) is 47.6 Å². The van der Waals surface area contributed by atoms with Crippen molar-refractivity contribution in [3.63, 3.8) is 0 Å². The van der Waals surface area contributed by atoms with Gasteiger partial charge in [-0.2, -0.15) is 13.2 Å². The molecule has 1 atom stereocenters. The number of amides is 1. The van der Waals surface area contributed by atoms with Crippen LogP contribution in [0.5, 0.6) is 5.75 Å². The number of carbonyl (C=O) groups is 1. The van der Waals surface area contributed by atoms with Gasteiger partial charge in [-0.1, -0.05) is 70.6 Å². The van der Waals surface area contributed by atoms with Crippen LogP contribution in [0, 0.1) is 0 Å². The number of hydrogen-bond donors (Lipinski definition) is 1. The van der Waals surface area contributed by atoms with Gasteiger partial charge in [0.05, 0.1) is 12.5 Å². The molecule has 0 heterocycles. The number of nitrogens with one attached hydrogen (secondary N) is 1. The molecule has 2 rings (SSSR count). The van der Waals surface area contributed by atoms with Crippen molar-refractivity contribution in [3.05, 3.63) is 54.1 Å². The molecular formula is C28H38F3NO3S. The van der Waals surface area contributed by atoms with Crippen LogP contribution in [0.3, 0.4) is 0 Å². The lowest BCUT2D eigenvalue weighted by atomic mass is 10.1. The SMILES string of the molecule is CCCCCCOc1ccc(NC(=O)c2ccc(SCOC(CCCCCC)C(F)(F)F)cc2)cc1. The Morgan fingerprint density at radius 2 is 1.53 bits per heavy atom. The van der Waals surface area contributed by atoms with E-state index in [4.69, 9.17) is 9.47 Å². The zero-order chi connectivity index (χ0) is 26.2. The van der Waals surface area contributed by atoms with Gasteiger partial charge in [0.1, 0.15) is 5.75 Å². The molecule has 0 aliphatic heterocycles. The van der Waals surface area contributed by atoms with E-state index in [0.717, 1.165) is 42.7 Å². The van der Waals surface area contributed by atoms with E-state index in [9.17, 15) is 18.0 Å². The number of benzene rings is 2. The molecule has 0 aromatic heterocycles. The van der Waals surface area contributed by atoms with E-state index in [1.807, 2.05) is 19.1 Å². The summed E-state index contributed by atoms with van der Waals surface area (Å²) in [5, 5.41) is 2.84. The van der Waals surface area contributed by atoms with E-state index in [2.05, 4.69) is 12.2 Å². The van der Waals surface area contributed by atoms with Gasteiger partial charge in [0.2, 0.25) is 0 Å². The summed E-state index contributed by atoms with van der Waals surface area (Å²) in [5.74, 6) is 0.401. The molecule has 2 aromatic rings. The van der Waals surface area contributed by atoms with Gasteiger partial charge in [-0.05, 0) is 61.4 Å². The summed E-state index contributed by atoms with van der Waals surface area (Å²) in [5.41, 5.74) is 1.11. The molecule has 0 fully saturated rings. The maximum Gasteiger partial charge on any atom is 0.414 e. The minimum absolute atomic E-state index is 0.0186. The van der Waals surface area contributed by atoms with Crippen molar-refractivity contribution in [1.29, 1.82) is 0 Å². The van der Waals surface area contributed by atoms with Crippen molar-refractivity contribution >= 4 is 23.4 Å². The average Bonchev–Trinajstić information content (AvgIpc) is 2.86. The van der Waals surface area contributed by atoms with Crippen molar-refractivity contribution in [2.45, 2.75) is 88.8 Å². The molecule has 0 aliphatic rings. The minimum Gasteiger partial charge on any atom is -0.494 e. The Bertz CT molecular complexity index is 873. The number of ether oxygens (including phenoxy) is 2. The third-order valence-corrected chi connectivity index (χ3v) is 6.53. The highest BCUT2D eigenvalue weighted by molar-refractivity contribution is 7.99. The summed E-state index contributed by atoms with van der Waals surface area (Å²) in [7, 11) is 0. The van der Waals surface area contributed by atoms with Gasteiger partial charge in [-0.15, -0.1) is 0 Å². The summed E-state index contributed by atoms with van der Waals surface area (Å²) < 4.78 is 50.5. The van der Waals surface area contributed by atoms with Gasteiger partial charge >= 0.3 is 6.18 Å². The molecule has 8 heteroatoms. The number of unbranched alkanes of at least 4 members (excludes halogenated alkanes) is 6. The fourth-order valence-electron chi connectivity index (χ4n) is 3.54. The number of alkyl halides is 3. The van der Waals surface area contributed by atoms with E-state index >= 15 is 0 Å². The van der Waals surface area contributed by atoms with Crippen molar-refractivity contribution in [3.8, 4) is 5.75 Å². The number of anilines is 1. The van der Waals surface area contributed by atoms with E-state index in [-0.39, 0.29) is 18.3 Å². The Morgan fingerprint density at radius 3 is 2.14 bits per heavy atom. The maximum atomic E-state index is 13.2. The number of carbonyl (C=O) groups excluding carboxylic acids is 1.